The number of anilines is 1. The molecule has 2 aliphatic rings. The van der Waals surface area contributed by atoms with Crippen LogP contribution in [0.1, 0.15) is 38.2 Å². The Hall–Kier alpha value is -3.93. The zero-order valence-corrected chi connectivity index (χ0v) is 20.7. The van der Waals surface area contributed by atoms with E-state index in [4.69, 9.17) is 10.5 Å². The number of benzene rings is 2. The smallest absolute Gasteiger partial charge is 0.286 e. The topological polar surface area (TPSA) is 153 Å². The molecule has 0 unspecified atom stereocenters. The minimum absolute atomic E-state index is 0.0684. The van der Waals surface area contributed by atoms with Crippen LogP contribution in [0.4, 0.5) is 10.1 Å². The maximum Gasteiger partial charge on any atom is 0.286 e. The summed E-state index contributed by atoms with van der Waals surface area (Å²) in [6.45, 7) is 2.02. The molecule has 5 rings (SSSR count). The first kappa shape index (κ1) is 24.8. The van der Waals surface area contributed by atoms with Crippen molar-refractivity contribution in [1.29, 1.82) is 0 Å². The van der Waals surface area contributed by atoms with Crippen molar-refractivity contribution in [3.63, 3.8) is 0 Å². The van der Waals surface area contributed by atoms with E-state index >= 15 is 0 Å². The molecule has 0 spiro atoms. The predicted octanol–water partition coefficient (Wildman–Crippen LogP) is 2.85. The normalized spacial score (nSPS) is 17.0. The molecule has 3 aromatic rings. The largest absolute Gasteiger partial charge is 0.506 e. The van der Waals surface area contributed by atoms with E-state index in [9.17, 15) is 27.5 Å². The lowest BCUT2D eigenvalue weighted by Crippen LogP contribution is -2.33. The summed E-state index contributed by atoms with van der Waals surface area (Å²) < 4.78 is 51.0. The molecule has 0 saturated heterocycles. The van der Waals surface area contributed by atoms with Crippen molar-refractivity contribution in [2.75, 3.05) is 5.32 Å². The molecule has 1 fully saturated rings. The number of rotatable bonds is 8. The van der Waals surface area contributed by atoms with E-state index in [0.29, 0.717) is 18.0 Å². The minimum atomic E-state index is -4.35. The van der Waals surface area contributed by atoms with Gasteiger partial charge in [-0.1, -0.05) is 19.8 Å². The molecule has 0 bridgehead atoms. The van der Waals surface area contributed by atoms with Gasteiger partial charge in [-0.2, -0.15) is 8.42 Å². The SMILES string of the molecule is CC[C@@H](Oc1ccc2c(c1)S(=O)(=O)N=C(c1c(O)c3cc(F)ccc3n(CCC3CC3)c1=O)N2)C(N)=O. The van der Waals surface area contributed by atoms with Crippen LogP contribution in [0, 0.1) is 11.7 Å². The summed E-state index contributed by atoms with van der Waals surface area (Å²) in [7, 11) is -4.35. The van der Waals surface area contributed by atoms with Crippen LogP contribution >= 0.6 is 0 Å². The molecule has 1 aliphatic carbocycles. The summed E-state index contributed by atoms with van der Waals surface area (Å²) in [6, 6.07) is 7.76. The van der Waals surface area contributed by atoms with Gasteiger partial charge in [-0.3, -0.25) is 9.59 Å². The minimum Gasteiger partial charge on any atom is -0.506 e. The third-order valence-corrected chi connectivity index (χ3v) is 7.87. The van der Waals surface area contributed by atoms with Gasteiger partial charge in [0.25, 0.3) is 21.5 Å². The number of nitrogens with two attached hydrogens (primary N) is 1. The Morgan fingerprint density at radius 3 is 2.73 bits per heavy atom. The fourth-order valence-corrected chi connectivity index (χ4v) is 5.53. The van der Waals surface area contributed by atoms with Crippen LogP contribution in [0.25, 0.3) is 10.9 Å². The first-order chi connectivity index (χ1) is 17.6. The number of aryl methyl sites for hydroxylation is 1. The van der Waals surface area contributed by atoms with Gasteiger partial charge in [0.05, 0.1) is 11.2 Å². The van der Waals surface area contributed by atoms with Crippen molar-refractivity contribution in [2.24, 2.45) is 16.0 Å². The maximum absolute atomic E-state index is 14.1. The quantitative estimate of drug-likeness (QED) is 0.406. The van der Waals surface area contributed by atoms with Gasteiger partial charge >= 0.3 is 0 Å². The number of carbonyl (C=O) groups is 1. The van der Waals surface area contributed by atoms with Crippen LogP contribution in [-0.4, -0.2) is 35.9 Å². The second-order valence-corrected chi connectivity index (χ2v) is 10.8. The van der Waals surface area contributed by atoms with E-state index in [1.807, 2.05) is 0 Å². The van der Waals surface area contributed by atoms with Crippen LogP contribution in [0.5, 0.6) is 11.5 Å². The number of hydrogen-bond donors (Lipinski definition) is 3. The summed E-state index contributed by atoms with van der Waals surface area (Å²) in [4.78, 5) is 24.8. The molecule has 1 atom stereocenters. The first-order valence-electron chi connectivity index (χ1n) is 11.9. The van der Waals surface area contributed by atoms with Gasteiger partial charge in [-0.05, 0) is 49.1 Å². The highest BCUT2D eigenvalue weighted by atomic mass is 32.2. The lowest BCUT2D eigenvalue weighted by molar-refractivity contribution is -0.124. The van der Waals surface area contributed by atoms with E-state index < -0.39 is 39.2 Å². The summed E-state index contributed by atoms with van der Waals surface area (Å²) in [6.07, 6.45) is 2.21. The molecule has 10 nitrogen and oxygen atoms in total. The number of fused-ring (bicyclic) bond motifs is 2. The number of sulfonamides is 1. The fourth-order valence-electron chi connectivity index (χ4n) is 4.39. The van der Waals surface area contributed by atoms with Crippen molar-refractivity contribution in [3.05, 3.63) is 58.1 Å². The second kappa shape index (κ2) is 9.18. The summed E-state index contributed by atoms with van der Waals surface area (Å²) in [5, 5.41) is 13.9. The highest BCUT2D eigenvalue weighted by Gasteiger charge is 2.31. The molecule has 1 aliphatic heterocycles. The Morgan fingerprint density at radius 2 is 2.05 bits per heavy atom. The number of amides is 1. The third-order valence-electron chi connectivity index (χ3n) is 6.56. The molecule has 1 saturated carbocycles. The van der Waals surface area contributed by atoms with Crippen molar-refractivity contribution in [1.82, 2.24) is 4.57 Å². The number of carbonyl (C=O) groups excluding carboxylic acids is 1. The number of pyridine rings is 1. The van der Waals surface area contributed by atoms with Crippen LogP contribution in [-0.2, 0) is 21.4 Å². The number of ether oxygens (including phenoxy) is 1. The highest BCUT2D eigenvalue weighted by Crippen LogP contribution is 2.36. The van der Waals surface area contributed by atoms with E-state index in [1.165, 1.54) is 34.9 Å². The van der Waals surface area contributed by atoms with Gasteiger partial charge in [0.2, 0.25) is 0 Å². The number of primary amides is 1. The van der Waals surface area contributed by atoms with Crippen molar-refractivity contribution < 1.29 is 27.4 Å². The van der Waals surface area contributed by atoms with Gasteiger partial charge in [0.15, 0.2) is 11.9 Å². The van der Waals surface area contributed by atoms with Crippen molar-refractivity contribution in [2.45, 2.75) is 50.2 Å². The van der Waals surface area contributed by atoms with Gasteiger partial charge in [-0.25, -0.2) is 4.39 Å². The number of halogens is 1. The number of hydrogen-bond acceptors (Lipinski definition) is 7. The van der Waals surface area contributed by atoms with Gasteiger partial charge < -0.3 is 25.5 Å². The van der Waals surface area contributed by atoms with E-state index in [2.05, 4.69) is 9.71 Å². The zero-order chi connectivity index (χ0) is 26.5. The Kier molecular flexibility index (Phi) is 6.14. The fraction of sp³-hybridized carbons (Fsp3) is 0.320. The van der Waals surface area contributed by atoms with Crippen molar-refractivity contribution in [3.8, 4) is 11.5 Å². The summed E-state index contributed by atoms with van der Waals surface area (Å²) in [5.41, 5.74) is 4.72. The first-order valence-corrected chi connectivity index (χ1v) is 13.3. The molecule has 0 radical (unpaired) electrons. The number of amidine groups is 1. The molecule has 1 aromatic heterocycles. The summed E-state index contributed by atoms with van der Waals surface area (Å²) >= 11 is 0. The number of aromatic nitrogens is 1. The average Bonchev–Trinajstić information content (AvgIpc) is 3.67. The van der Waals surface area contributed by atoms with Gasteiger partial charge in [0.1, 0.15) is 27.8 Å². The molecule has 4 N–H and O–H groups in total. The van der Waals surface area contributed by atoms with E-state index in [1.54, 1.807) is 6.92 Å². The van der Waals surface area contributed by atoms with Crippen LogP contribution in [0.2, 0.25) is 0 Å². The zero-order valence-electron chi connectivity index (χ0n) is 19.9. The Morgan fingerprint density at radius 1 is 1.30 bits per heavy atom. The highest BCUT2D eigenvalue weighted by molar-refractivity contribution is 7.90. The monoisotopic (exact) mass is 528 g/mol. The van der Waals surface area contributed by atoms with Crippen LogP contribution in [0.15, 0.2) is 50.5 Å². The number of nitrogens with one attached hydrogen (secondary N) is 1. The molecular formula is C25H25FN4O6S. The molecule has 194 valence electrons. The maximum atomic E-state index is 14.1. The lowest BCUT2D eigenvalue weighted by atomic mass is 10.1. The van der Waals surface area contributed by atoms with E-state index in [-0.39, 0.29) is 39.5 Å². The van der Waals surface area contributed by atoms with Gasteiger partial charge in [-0.15, -0.1) is 4.40 Å². The molecule has 2 aromatic carbocycles. The van der Waals surface area contributed by atoms with E-state index in [0.717, 1.165) is 25.3 Å². The Balaban J connectivity index is 1.60. The number of nitrogens with zero attached hydrogens (tertiary/aromatic N) is 2. The second-order valence-electron chi connectivity index (χ2n) is 9.19. The lowest BCUT2D eigenvalue weighted by Gasteiger charge is -2.22. The average molecular weight is 529 g/mol. The molecule has 12 heteroatoms. The Bertz CT molecular complexity index is 1630. The standard InChI is InChI=1S/C25H25FN4O6S/c1-2-19(23(27)32)36-15-6-7-17-20(12-15)37(34,35)29-24(28-17)21-22(31)16-11-14(26)5-8-18(16)30(25(21)33)10-9-13-3-4-13/h5-8,11-13,19,31H,2-4,9-10H2,1H3,(H2,27,32)(H,28,29)/t19-/m1/s1. The summed E-state index contributed by atoms with van der Waals surface area (Å²) in [5.74, 6) is -1.66. The van der Waals surface area contributed by atoms with Crippen LogP contribution < -0.4 is 21.3 Å². The predicted molar refractivity (Wildman–Crippen MR) is 135 cm³/mol. The van der Waals surface area contributed by atoms with Crippen LogP contribution in [0.3, 0.4) is 0 Å². The Labute approximate surface area is 211 Å². The van der Waals surface area contributed by atoms with Crippen molar-refractivity contribution >= 4 is 38.4 Å². The molecule has 2 heterocycles. The molecule has 37 heavy (non-hydrogen) atoms. The van der Waals surface area contributed by atoms with Gasteiger partial charge in [0, 0.05) is 18.0 Å². The third kappa shape index (κ3) is 4.64. The molecular weight excluding hydrogens is 503 g/mol. The number of aromatic hydroxyl groups is 1. The molecule has 1 amide bonds.